The molecule has 0 unspecified atom stereocenters. The van der Waals surface area contributed by atoms with Crippen LogP contribution in [0.1, 0.15) is 0 Å². The van der Waals surface area contributed by atoms with Crippen LogP contribution in [0.4, 0.5) is 0 Å². The first-order chi connectivity index (χ1) is 0. The summed E-state index contributed by atoms with van der Waals surface area (Å²) in [6, 6.07) is 0. The van der Waals surface area contributed by atoms with Gasteiger partial charge in [0.05, 0.1) is 0 Å². The van der Waals surface area contributed by atoms with Crippen molar-refractivity contribution >= 4 is 0 Å². The van der Waals surface area contributed by atoms with Gasteiger partial charge in [0, 0.05) is 99.3 Å². The average Bonchev–Trinajstić information content (AvgIpc) is 0. The van der Waals surface area contributed by atoms with E-state index < -0.39 is 0 Å². The smallest absolute Gasteiger partial charge is 0 e. The van der Waals surface area contributed by atoms with Crippen molar-refractivity contribution in [2.45, 2.75) is 0 Å². The quantitative estimate of drug-likeness (QED) is 0.328. The third-order valence-electron chi connectivity index (χ3n) is 0. The van der Waals surface area contributed by atoms with Gasteiger partial charge in [0.2, 0.25) is 0 Å². The molecule has 9 heavy (non-hydrogen) atoms. The molecule has 0 spiro atoms. The Hall–Kier alpha value is 3.07. The average molecular weight is 658 g/mol. The Morgan fingerprint density at radius 2 is 0.333 bits per heavy atom. The molecule has 0 aromatic heterocycles. The molecule has 0 N–H and O–H groups in total. The van der Waals surface area contributed by atoms with Gasteiger partial charge in [-0.1, -0.05) is 0 Å². The van der Waals surface area contributed by atoms with Crippen molar-refractivity contribution in [2.24, 2.45) is 0 Å². The van der Waals surface area contributed by atoms with Crippen LogP contribution in [-0.2, 0) is 64.5 Å². The normalized spacial score (nSPS) is 0. The van der Waals surface area contributed by atoms with Crippen molar-refractivity contribution in [1.82, 2.24) is 0 Å². The molecule has 9 heteroatoms. The Morgan fingerprint density at radius 3 is 0.333 bits per heavy atom. The van der Waals surface area contributed by atoms with Crippen molar-refractivity contribution in [2.75, 3.05) is 0 Å². The third-order valence-corrected chi connectivity index (χ3v) is 0. The molecule has 0 aromatic rings. The Labute approximate surface area is 125 Å². The summed E-state index contributed by atoms with van der Waals surface area (Å²) in [5, 5.41) is 0. The Balaban J connectivity index is 0. The van der Waals surface area contributed by atoms with Crippen LogP contribution in [-0.4, -0.2) is 0 Å². The molecule has 5 nitrogen and oxygen atoms in total. The zero-order valence-electron chi connectivity index (χ0n) is 3.94. The van der Waals surface area contributed by atoms with E-state index in [1.54, 1.807) is 0 Å². The second-order valence-electron chi connectivity index (χ2n) is 0. The van der Waals surface area contributed by atoms with Gasteiger partial charge in [0.1, 0.15) is 0 Å². The molecule has 0 heterocycles. The molecular formula is O5U2V2-10. The van der Waals surface area contributed by atoms with Crippen molar-refractivity contribution in [1.29, 1.82) is 0 Å². The molecule has 0 fully saturated rings. The van der Waals surface area contributed by atoms with E-state index in [1.807, 2.05) is 0 Å². The molecule has 0 rings (SSSR count). The van der Waals surface area contributed by atoms with E-state index in [9.17, 15) is 0 Å². The summed E-state index contributed by atoms with van der Waals surface area (Å²) < 4.78 is 0. The molecular weight excluding hydrogens is 658 g/mol. The maximum atomic E-state index is 0. The molecule has 2 radical (unpaired) electrons. The number of hydrogen-bond acceptors (Lipinski definition) is 0. The first kappa shape index (κ1) is 157. The first-order valence-electron chi connectivity index (χ1n) is 0. The van der Waals surface area contributed by atoms with Gasteiger partial charge in [-0.3, -0.25) is 0 Å². The molecule has 0 aliphatic heterocycles. The maximum absolute atomic E-state index is 0. The fourth-order valence-electron chi connectivity index (χ4n) is 0. The minimum Gasteiger partial charge on any atom is -2.00 e. The number of hydrogen-bond donors (Lipinski definition) is 0. The van der Waals surface area contributed by atoms with E-state index in [1.165, 1.54) is 0 Å². The predicted octanol–water partition coefficient (Wildman–Crippen LogP) is -0.599. The molecule has 0 saturated carbocycles. The third kappa shape index (κ3) is 96.5. The molecule has 0 amide bonds. The molecule has 0 aliphatic rings. The summed E-state index contributed by atoms with van der Waals surface area (Å²) >= 11 is 0. The first-order valence-corrected chi connectivity index (χ1v) is 0. The topological polar surface area (TPSA) is 142 Å². The van der Waals surface area contributed by atoms with Gasteiger partial charge in [0.25, 0.3) is 0 Å². The molecule has 0 saturated heterocycles. The van der Waals surface area contributed by atoms with Crippen LogP contribution in [0.2, 0.25) is 0 Å². The van der Waals surface area contributed by atoms with E-state index in [0.29, 0.717) is 0 Å². The van der Waals surface area contributed by atoms with Gasteiger partial charge in [0.15, 0.2) is 0 Å². The van der Waals surface area contributed by atoms with E-state index in [4.69, 9.17) is 0 Å². The van der Waals surface area contributed by atoms with Crippen LogP contribution in [0.5, 0.6) is 0 Å². The summed E-state index contributed by atoms with van der Waals surface area (Å²) in [6.07, 6.45) is 0. The summed E-state index contributed by atoms with van der Waals surface area (Å²) in [7, 11) is 0. The molecule has 0 atom stereocenters. The van der Waals surface area contributed by atoms with Gasteiger partial charge in [-0.05, 0) is 0 Å². The van der Waals surface area contributed by atoms with Gasteiger partial charge >= 0.3 is 0 Å². The van der Waals surface area contributed by atoms with Crippen molar-refractivity contribution in [3.05, 3.63) is 0 Å². The minimum absolute atomic E-state index is 0. The maximum Gasteiger partial charge on any atom is 0 e. The van der Waals surface area contributed by atoms with Crippen molar-refractivity contribution in [3.63, 3.8) is 0 Å². The molecule has 0 aliphatic carbocycles. The Morgan fingerprint density at radius 1 is 0.333 bits per heavy atom. The van der Waals surface area contributed by atoms with Crippen LogP contribution < -0.4 is 0 Å². The van der Waals surface area contributed by atoms with Crippen LogP contribution in [0.3, 0.4) is 0 Å². The fourth-order valence-corrected chi connectivity index (χ4v) is 0. The Kier molecular flexibility index (Phi) is 2070. The van der Waals surface area contributed by atoms with Crippen LogP contribution >= 0.6 is 0 Å². The second-order valence-corrected chi connectivity index (χ2v) is 0. The summed E-state index contributed by atoms with van der Waals surface area (Å²) in [5.74, 6) is 0. The minimum atomic E-state index is 0. The largest absolute Gasteiger partial charge is 2.00 e. The monoisotopic (exact) mass is 658 g/mol. The van der Waals surface area contributed by atoms with Gasteiger partial charge in [-0.25, -0.2) is 0 Å². The summed E-state index contributed by atoms with van der Waals surface area (Å²) in [5.41, 5.74) is 0. The Bertz CT molecular complexity index is 12.9. The molecule has 0 bridgehead atoms. The fraction of sp³-hybridized carbons (Fsp3) is 0. The second kappa shape index (κ2) is 119. The summed E-state index contributed by atoms with van der Waals surface area (Å²) in [4.78, 5) is 0. The standard InChI is InChI=1S/5O.2U.2V/q5*-2;;;;. The molecule has 58 valence electrons. The van der Waals surface area contributed by atoms with Gasteiger partial charge in [-0.2, -0.15) is 0 Å². The van der Waals surface area contributed by atoms with E-state index in [-0.39, 0.29) is 127 Å². The van der Waals surface area contributed by atoms with E-state index in [0.717, 1.165) is 0 Å². The SMILES string of the molecule is [O-2].[O-2].[O-2].[O-2].[O-2].[U].[U].[V].[V]. The number of rotatable bonds is 0. The van der Waals surface area contributed by atoms with Gasteiger partial charge in [-0.15, -0.1) is 0 Å². The zero-order chi connectivity index (χ0) is 0. The van der Waals surface area contributed by atoms with E-state index in [2.05, 4.69) is 0 Å². The van der Waals surface area contributed by atoms with Gasteiger partial charge < -0.3 is 27.4 Å². The van der Waals surface area contributed by atoms with Crippen molar-refractivity contribution in [3.8, 4) is 0 Å². The molecule has 0 aromatic carbocycles. The zero-order valence-corrected chi connectivity index (χ0v) is 15.1. The van der Waals surface area contributed by atoms with E-state index >= 15 is 0 Å². The summed E-state index contributed by atoms with van der Waals surface area (Å²) in [6.45, 7) is 0. The van der Waals surface area contributed by atoms with Crippen LogP contribution in [0.25, 0.3) is 0 Å². The van der Waals surface area contributed by atoms with Crippen molar-refractivity contribution < 1.29 is 127 Å². The van der Waals surface area contributed by atoms with Crippen LogP contribution in [0.15, 0.2) is 0 Å². The van der Waals surface area contributed by atoms with Crippen LogP contribution in [0, 0.1) is 62.2 Å². The predicted molar refractivity (Wildman–Crippen MR) is 3.43 cm³/mol.